The van der Waals surface area contributed by atoms with Gasteiger partial charge in [0.2, 0.25) is 5.91 Å². The van der Waals surface area contributed by atoms with Crippen molar-refractivity contribution in [2.45, 2.75) is 26.2 Å². The van der Waals surface area contributed by atoms with Crippen molar-refractivity contribution in [3.8, 4) is 0 Å². The summed E-state index contributed by atoms with van der Waals surface area (Å²) >= 11 is 0. The van der Waals surface area contributed by atoms with Crippen molar-refractivity contribution >= 4 is 17.9 Å². The Bertz CT molecular complexity index is 345. The first kappa shape index (κ1) is 18.2. The lowest BCUT2D eigenvalue weighted by molar-refractivity contribution is -0.137. The van der Waals surface area contributed by atoms with Gasteiger partial charge in [-0.3, -0.25) is 9.59 Å². The minimum atomic E-state index is -0.876. The normalized spacial score (nSPS) is 10.0. The van der Waals surface area contributed by atoms with Gasteiger partial charge in [-0.15, -0.1) is 0 Å². The number of nitrogens with zero attached hydrogens (tertiary/aromatic N) is 3. The Morgan fingerprint density at radius 2 is 1.65 bits per heavy atom. The molecular formula is C13H25N3O4. The molecule has 0 aromatic rings. The molecule has 0 aromatic heterocycles. The van der Waals surface area contributed by atoms with Gasteiger partial charge in [-0.1, -0.05) is 6.92 Å². The second-order valence-corrected chi connectivity index (χ2v) is 4.91. The van der Waals surface area contributed by atoms with Crippen molar-refractivity contribution in [3.05, 3.63) is 0 Å². The quantitative estimate of drug-likeness (QED) is 0.712. The fourth-order valence-corrected chi connectivity index (χ4v) is 1.62. The van der Waals surface area contributed by atoms with Crippen LogP contribution < -0.4 is 0 Å². The van der Waals surface area contributed by atoms with Crippen molar-refractivity contribution in [2.75, 3.05) is 40.8 Å². The van der Waals surface area contributed by atoms with Crippen molar-refractivity contribution in [1.29, 1.82) is 0 Å². The van der Waals surface area contributed by atoms with Crippen LogP contribution in [-0.4, -0.2) is 78.5 Å². The summed E-state index contributed by atoms with van der Waals surface area (Å²) in [6, 6.07) is -0.243. The first-order valence-corrected chi connectivity index (χ1v) is 6.71. The van der Waals surface area contributed by atoms with Gasteiger partial charge in [0.25, 0.3) is 0 Å². The monoisotopic (exact) mass is 287 g/mol. The highest BCUT2D eigenvalue weighted by molar-refractivity contribution is 5.83. The number of hydrogen-bond donors (Lipinski definition) is 1. The number of carboxylic acid groups (broad SMARTS) is 1. The Hall–Kier alpha value is -1.79. The van der Waals surface area contributed by atoms with E-state index in [0.29, 0.717) is 19.5 Å². The molecule has 0 aromatic carbocycles. The van der Waals surface area contributed by atoms with E-state index in [9.17, 15) is 14.4 Å². The number of rotatable bonds is 8. The Morgan fingerprint density at radius 1 is 1.05 bits per heavy atom. The Labute approximate surface area is 120 Å². The largest absolute Gasteiger partial charge is 0.481 e. The lowest BCUT2D eigenvalue weighted by atomic mass is 10.3. The van der Waals surface area contributed by atoms with Crippen LogP contribution in [0.5, 0.6) is 0 Å². The zero-order chi connectivity index (χ0) is 15.7. The minimum Gasteiger partial charge on any atom is -0.481 e. The molecule has 0 unspecified atom stereocenters. The molecule has 7 nitrogen and oxygen atoms in total. The number of carbonyl (C=O) groups is 3. The SMILES string of the molecule is CCCN(CC(=O)N(C)C)C(=O)N(C)CCCC(=O)O. The van der Waals surface area contributed by atoms with Crippen molar-refractivity contribution in [2.24, 2.45) is 0 Å². The molecule has 0 aliphatic heterocycles. The molecule has 0 radical (unpaired) electrons. The van der Waals surface area contributed by atoms with E-state index >= 15 is 0 Å². The Morgan fingerprint density at radius 3 is 2.10 bits per heavy atom. The van der Waals surface area contributed by atoms with E-state index in [1.54, 1.807) is 21.1 Å². The first-order valence-electron chi connectivity index (χ1n) is 6.71. The molecule has 0 spiro atoms. The van der Waals surface area contributed by atoms with Gasteiger partial charge in [0.05, 0.1) is 0 Å². The van der Waals surface area contributed by atoms with Crippen LogP contribution in [-0.2, 0) is 9.59 Å². The van der Waals surface area contributed by atoms with Crippen molar-refractivity contribution in [1.82, 2.24) is 14.7 Å². The highest BCUT2D eigenvalue weighted by atomic mass is 16.4. The number of carbonyl (C=O) groups excluding carboxylic acids is 2. The molecule has 0 fully saturated rings. The maximum Gasteiger partial charge on any atom is 0.320 e. The molecule has 1 N–H and O–H groups in total. The predicted molar refractivity (Wildman–Crippen MR) is 75.5 cm³/mol. The van der Waals surface area contributed by atoms with Crippen molar-refractivity contribution in [3.63, 3.8) is 0 Å². The van der Waals surface area contributed by atoms with Crippen LogP contribution in [0.25, 0.3) is 0 Å². The molecule has 116 valence electrons. The zero-order valence-corrected chi connectivity index (χ0v) is 12.8. The molecule has 0 bridgehead atoms. The average molecular weight is 287 g/mol. The van der Waals surface area contributed by atoms with Gasteiger partial charge in [-0.25, -0.2) is 4.79 Å². The van der Waals surface area contributed by atoms with Crippen LogP contribution >= 0.6 is 0 Å². The summed E-state index contributed by atoms with van der Waals surface area (Å²) in [6.45, 7) is 2.84. The summed E-state index contributed by atoms with van der Waals surface area (Å²) in [5.74, 6) is -1.01. The van der Waals surface area contributed by atoms with Crippen LogP contribution in [0, 0.1) is 0 Å². The molecule has 0 atom stereocenters. The molecule has 0 heterocycles. The number of amides is 3. The van der Waals surface area contributed by atoms with E-state index in [4.69, 9.17) is 5.11 Å². The van der Waals surface area contributed by atoms with E-state index in [-0.39, 0.29) is 24.9 Å². The molecule has 7 heteroatoms. The van der Waals surface area contributed by atoms with Gasteiger partial charge in [-0.2, -0.15) is 0 Å². The lowest BCUT2D eigenvalue weighted by Crippen LogP contribution is -2.46. The Kier molecular flexibility index (Phi) is 8.35. The molecule has 0 rings (SSSR count). The summed E-state index contributed by atoms with van der Waals surface area (Å²) in [4.78, 5) is 38.7. The third-order valence-corrected chi connectivity index (χ3v) is 2.80. The van der Waals surface area contributed by atoms with Crippen LogP contribution in [0.2, 0.25) is 0 Å². The molecule has 0 saturated heterocycles. The maximum absolute atomic E-state index is 12.2. The summed E-state index contributed by atoms with van der Waals surface area (Å²) in [7, 11) is 4.91. The molecule has 20 heavy (non-hydrogen) atoms. The lowest BCUT2D eigenvalue weighted by Gasteiger charge is -2.28. The van der Waals surface area contributed by atoms with Gasteiger partial charge in [-0.05, 0) is 12.8 Å². The van der Waals surface area contributed by atoms with Crippen LogP contribution in [0.1, 0.15) is 26.2 Å². The third-order valence-electron chi connectivity index (χ3n) is 2.80. The molecule has 3 amide bonds. The van der Waals surface area contributed by atoms with Crippen molar-refractivity contribution < 1.29 is 19.5 Å². The van der Waals surface area contributed by atoms with E-state index in [1.165, 1.54) is 14.7 Å². The van der Waals surface area contributed by atoms with E-state index < -0.39 is 5.97 Å². The van der Waals surface area contributed by atoms with Gasteiger partial charge in [0.15, 0.2) is 0 Å². The molecular weight excluding hydrogens is 262 g/mol. The molecule has 0 saturated carbocycles. The van der Waals surface area contributed by atoms with Gasteiger partial charge >= 0.3 is 12.0 Å². The summed E-state index contributed by atoms with van der Waals surface area (Å²) in [6.07, 6.45) is 1.19. The highest BCUT2D eigenvalue weighted by Gasteiger charge is 2.20. The van der Waals surface area contributed by atoms with Crippen LogP contribution in [0.4, 0.5) is 4.79 Å². The van der Waals surface area contributed by atoms with Crippen LogP contribution in [0.3, 0.4) is 0 Å². The smallest absolute Gasteiger partial charge is 0.320 e. The number of hydrogen-bond acceptors (Lipinski definition) is 3. The fraction of sp³-hybridized carbons (Fsp3) is 0.769. The fourth-order valence-electron chi connectivity index (χ4n) is 1.62. The Balaban J connectivity index is 4.46. The van der Waals surface area contributed by atoms with Gasteiger partial charge in [0, 0.05) is 40.7 Å². The van der Waals surface area contributed by atoms with Gasteiger partial charge in [0.1, 0.15) is 6.54 Å². The number of carboxylic acids is 1. The van der Waals surface area contributed by atoms with E-state index in [2.05, 4.69) is 0 Å². The van der Waals surface area contributed by atoms with Gasteiger partial charge < -0.3 is 19.8 Å². The van der Waals surface area contributed by atoms with E-state index in [1.807, 2.05) is 6.92 Å². The summed E-state index contributed by atoms with van der Waals surface area (Å²) in [5, 5.41) is 8.57. The maximum atomic E-state index is 12.2. The van der Waals surface area contributed by atoms with Crippen LogP contribution in [0.15, 0.2) is 0 Å². The topological polar surface area (TPSA) is 81.2 Å². The number of aliphatic carboxylic acids is 1. The second kappa shape index (κ2) is 9.17. The minimum absolute atomic E-state index is 0.0298. The number of urea groups is 1. The highest BCUT2D eigenvalue weighted by Crippen LogP contribution is 2.02. The molecule has 0 aliphatic carbocycles. The average Bonchev–Trinajstić information content (AvgIpc) is 2.36. The zero-order valence-electron chi connectivity index (χ0n) is 12.8. The summed E-state index contributed by atoms with van der Waals surface area (Å²) in [5.41, 5.74) is 0. The second-order valence-electron chi connectivity index (χ2n) is 4.91. The number of likely N-dealkylation sites (N-methyl/N-ethyl adjacent to an activating group) is 1. The molecule has 0 aliphatic rings. The van der Waals surface area contributed by atoms with E-state index in [0.717, 1.165) is 6.42 Å². The predicted octanol–water partition coefficient (Wildman–Crippen LogP) is 0.703. The third kappa shape index (κ3) is 6.96. The summed E-state index contributed by atoms with van der Waals surface area (Å²) < 4.78 is 0. The first-order chi connectivity index (χ1) is 9.29. The standard InChI is InChI=1S/C13H25N3O4/c1-5-8-16(10-11(17)14(2)3)13(20)15(4)9-6-7-12(18)19/h5-10H2,1-4H3,(H,18,19).